The van der Waals surface area contributed by atoms with E-state index < -0.39 is 18.0 Å². The highest BCUT2D eigenvalue weighted by molar-refractivity contribution is 5.90. The molecule has 2 aromatic heterocycles. The van der Waals surface area contributed by atoms with Crippen LogP contribution >= 0.6 is 0 Å². The van der Waals surface area contributed by atoms with Gasteiger partial charge in [0, 0.05) is 5.56 Å². The fraction of sp³-hybridized carbons (Fsp3) is 0.158. The summed E-state index contributed by atoms with van der Waals surface area (Å²) in [5, 5.41) is 2.69. The molecule has 26 heavy (non-hydrogen) atoms. The Kier molecular flexibility index (Phi) is 5.38. The lowest BCUT2D eigenvalue weighted by Crippen LogP contribution is -2.31. The quantitative estimate of drug-likeness (QED) is 0.655. The summed E-state index contributed by atoms with van der Waals surface area (Å²) in [6.45, 7) is 0.177. The van der Waals surface area contributed by atoms with E-state index in [9.17, 15) is 9.59 Å². The number of esters is 1. The molecule has 0 radical (unpaired) electrons. The van der Waals surface area contributed by atoms with Crippen LogP contribution in [0, 0.1) is 0 Å². The second kappa shape index (κ2) is 8.06. The van der Waals surface area contributed by atoms with Crippen molar-refractivity contribution in [1.29, 1.82) is 0 Å². The first-order valence-electron chi connectivity index (χ1n) is 7.86. The molecule has 1 aromatic carbocycles. The molecule has 0 saturated heterocycles. The predicted molar refractivity (Wildman–Crippen MR) is 90.4 cm³/mol. The van der Waals surface area contributed by atoms with Gasteiger partial charge in [-0.3, -0.25) is 4.79 Å². The predicted octanol–water partition coefficient (Wildman–Crippen LogP) is 3.10. The van der Waals surface area contributed by atoms with Crippen LogP contribution in [0.25, 0.3) is 0 Å². The van der Waals surface area contributed by atoms with E-state index in [2.05, 4.69) is 5.32 Å². The summed E-state index contributed by atoms with van der Waals surface area (Å²) < 4.78 is 20.7. The first-order valence-corrected chi connectivity index (χ1v) is 7.86. The molecule has 0 fully saturated rings. The summed E-state index contributed by atoms with van der Waals surface area (Å²) in [5.74, 6) is 0.0165. The van der Waals surface area contributed by atoms with Gasteiger partial charge in [-0.1, -0.05) is 12.1 Å². The molecule has 0 aliphatic carbocycles. The minimum Gasteiger partial charge on any atom is -0.497 e. The SMILES string of the molecule is COc1ccc([C@@H](OC(=O)c2ccco2)C(=O)NCc2ccco2)cc1. The first kappa shape index (κ1) is 17.3. The van der Waals surface area contributed by atoms with Crippen LogP contribution in [-0.2, 0) is 16.1 Å². The first-order chi connectivity index (χ1) is 12.7. The normalized spacial score (nSPS) is 11.6. The Morgan fingerprint density at radius 2 is 1.77 bits per heavy atom. The fourth-order valence-corrected chi connectivity index (χ4v) is 2.29. The Labute approximate surface area is 149 Å². The number of hydrogen-bond donors (Lipinski definition) is 1. The number of amides is 1. The summed E-state index contributed by atoms with van der Waals surface area (Å²) in [4.78, 5) is 24.8. The Hall–Kier alpha value is -3.48. The molecule has 1 N–H and O–H groups in total. The molecular weight excluding hydrogens is 338 g/mol. The number of furan rings is 2. The van der Waals surface area contributed by atoms with E-state index in [0.29, 0.717) is 17.1 Å². The van der Waals surface area contributed by atoms with Crippen molar-refractivity contribution in [2.75, 3.05) is 7.11 Å². The molecule has 7 nitrogen and oxygen atoms in total. The molecule has 7 heteroatoms. The van der Waals surface area contributed by atoms with Crippen molar-refractivity contribution < 1.29 is 27.9 Å². The zero-order valence-corrected chi connectivity index (χ0v) is 14.0. The second-order valence-corrected chi connectivity index (χ2v) is 5.33. The van der Waals surface area contributed by atoms with Crippen LogP contribution in [0.4, 0.5) is 0 Å². The maximum absolute atomic E-state index is 12.6. The number of methoxy groups -OCH3 is 1. The molecule has 3 rings (SSSR count). The van der Waals surface area contributed by atoms with E-state index in [0.717, 1.165) is 0 Å². The number of ether oxygens (including phenoxy) is 2. The molecule has 3 aromatic rings. The van der Waals surface area contributed by atoms with Crippen LogP contribution in [0.1, 0.15) is 28.0 Å². The average Bonchev–Trinajstić information content (AvgIpc) is 3.38. The second-order valence-electron chi connectivity index (χ2n) is 5.33. The minimum absolute atomic E-state index is 0.0161. The zero-order chi connectivity index (χ0) is 18.4. The fourth-order valence-electron chi connectivity index (χ4n) is 2.29. The molecule has 0 aliphatic rings. The van der Waals surface area contributed by atoms with Crippen molar-refractivity contribution in [3.05, 3.63) is 78.1 Å². The van der Waals surface area contributed by atoms with Gasteiger partial charge in [-0.15, -0.1) is 0 Å². The third-order valence-electron chi connectivity index (χ3n) is 3.62. The number of benzene rings is 1. The van der Waals surface area contributed by atoms with Crippen LogP contribution in [0.3, 0.4) is 0 Å². The molecule has 0 aliphatic heterocycles. The highest BCUT2D eigenvalue weighted by atomic mass is 16.6. The molecule has 0 saturated carbocycles. The van der Waals surface area contributed by atoms with Gasteiger partial charge in [-0.05, 0) is 36.4 Å². The lowest BCUT2D eigenvalue weighted by Gasteiger charge is -2.17. The third kappa shape index (κ3) is 4.13. The van der Waals surface area contributed by atoms with E-state index in [-0.39, 0.29) is 12.3 Å². The lowest BCUT2D eigenvalue weighted by atomic mass is 10.1. The van der Waals surface area contributed by atoms with E-state index in [1.54, 1.807) is 49.6 Å². The van der Waals surface area contributed by atoms with Crippen molar-refractivity contribution in [3.63, 3.8) is 0 Å². The van der Waals surface area contributed by atoms with Crippen LogP contribution in [0.2, 0.25) is 0 Å². The van der Waals surface area contributed by atoms with Crippen molar-refractivity contribution >= 4 is 11.9 Å². The molecule has 0 spiro atoms. The van der Waals surface area contributed by atoms with Gasteiger partial charge in [0.25, 0.3) is 5.91 Å². The molecular formula is C19H17NO6. The van der Waals surface area contributed by atoms with Crippen molar-refractivity contribution in [3.8, 4) is 5.75 Å². The molecule has 134 valence electrons. The van der Waals surface area contributed by atoms with Crippen LogP contribution in [0.5, 0.6) is 5.75 Å². The maximum atomic E-state index is 12.6. The Morgan fingerprint density at radius 3 is 2.38 bits per heavy atom. The van der Waals surface area contributed by atoms with Crippen LogP contribution in [-0.4, -0.2) is 19.0 Å². The van der Waals surface area contributed by atoms with Gasteiger partial charge < -0.3 is 23.6 Å². The standard InChI is InChI=1S/C19H17NO6/c1-23-14-8-6-13(7-9-14)17(26-19(22)16-5-3-11-25-16)18(21)20-12-15-4-2-10-24-15/h2-11,17H,12H2,1H3,(H,20,21)/t17-/m1/s1. The number of nitrogens with one attached hydrogen (secondary N) is 1. The van der Waals surface area contributed by atoms with E-state index in [4.69, 9.17) is 18.3 Å². The zero-order valence-electron chi connectivity index (χ0n) is 14.0. The molecule has 0 unspecified atom stereocenters. The van der Waals surface area contributed by atoms with Gasteiger partial charge in [-0.2, -0.15) is 0 Å². The summed E-state index contributed by atoms with van der Waals surface area (Å²) in [7, 11) is 1.54. The monoisotopic (exact) mass is 355 g/mol. The van der Waals surface area contributed by atoms with Gasteiger partial charge in [0.2, 0.25) is 11.9 Å². The van der Waals surface area contributed by atoms with Crippen molar-refractivity contribution in [2.24, 2.45) is 0 Å². The van der Waals surface area contributed by atoms with Gasteiger partial charge >= 0.3 is 5.97 Å². The largest absolute Gasteiger partial charge is 0.497 e. The highest BCUT2D eigenvalue weighted by Gasteiger charge is 2.26. The van der Waals surface area contributed by atoms with Gasteiger partial charge in [0.15, 0.2) is 0 Å². The Morgan fingerprint density at radius 1 is 1.04 bits per heavy atom. The smallest absolute Gasteiger partial charge is 0.375 e. The molecule has 0 bridgehead atoms. The van der Waals surface area contributed by atoms with E-state index in [1.807, 2.05) is 0 Å². The summed E-state index contributed by atoms with van der Waals surface area (Å²) in [6, 6.07) is 13.2. The van der Waals surface area contributed by atoms with Gasteiger partial charge in [-0.25, -0.2) is 4.79 Å². The number of hydrogen-bond acceptors (Lipinski definition) is 6. The minimum atomic E-state index is -1.14. The summed E-state index contributed by atoms with van der Waals surface area (Å²) in [6.07, 6.45) is 1.73. The molecule has 1 amide bonds. The summed E-state index contributed by atoms with van der Waals surface area (Å²) in [5.41, 5.74) is 0.502. The topological polar surface area (TPSA) is 90.9 Å². The van der Waals surface area contributed by atoms with Gasteiger partial charge in [0.1, 0.15) is 11.5 Å². The van der Waals surface area contributed by atoms with Gasteiger partial charge in [0.05, 0.1) is 26.2 Å². The Balaban J connectivity index is 1.77. The third-order valence-corrected chi connectivity index (χ3v) is 3.62. The van der Waals surface area contributed by atoms with Crippen LogP contribution in [0.15, 0.2) is 69.9 Å². The van der Waals surface area contributed by atoms with Crippen molar-refractivity contribution in [1.82, 2.24) is 5.32 Å². The Bertz CT molecular complexity index is 837. The highest BCUT2D eigenvalue weighted by Crippen LogP contribution is 2.23. The van der Waals surface area contributed by atoms with Crippen LogP contribution < -0.4 is 10.1 Å². The number of rotatable bonds is 7. The molecule has 2 heterocycles. The number of carbonyl (C=O) groups is 2. The maximum Gasteiger partial charge on any atom is 0.375 e. The summed E-state index contributed by atoms with van der Waals surface area (Å²) >= 11 is 0. The molecule has 1 atom stereocenters. The number of carbonyl (C=O) groups excluding carboxylic acids is 2. The van der Waals surface area contributed by atoms with Crippen molar-refractivity contribution in [2.45, 2.75) is 12.6 Å². The average molecular weight is 355 g/mol. The lowest BCUT2D eigenvalue weighted by molar-refractivity contribution is -0.130. The van der Waals surface area contributed by atoms with E-state index in [1.165, 1.54) is 18.6 Å². The van der Waals surface area contributed by atoms with E-state index >= 15 is 0 Å².